The first kappa shape index (κ1) is 10.5. The Morgan fingerprint density at radius 1 is 1.31 bits per heavy atom. The number of benzene rings is 1. The van der Waals surface area contributed by atoms with E-state index in [2.05, 4.69) is 10.1 Å². The monoisotopic (exact) mass is 219 g/mol. The molecule has 0 saturated heterocycles. The van der Waals surface area contributed by atoms with Crippen LogP contribution in [0.3, 0.4) is 0 Å². The summed E-state index contributed by atoms with van der Waals surface area (Å²) < 4.78 is 10.2. The van der Waals surface area contributed by atoms with E-state index < -0.39 is 0 Å². The lowest BCUT2D eigenvalue weighted by Crippen LogP contribution is -1.95. The number of aryl methyl sites for hydroxylation is 2. The molecule has 84 valence electrons. The highest BCUT2D eigenvalue weighted by molar-refractivity contribution is 5.33. The van der Waals surface area contributed by atoms with Gasteiger partial charge in [-0.3, -0.25) is 0 Å². The van der Waals surface area contributed by atoms with Crippen molar-refractivity contribution in [1.82, 2.24) is 10.1 Å². The molecule has 2 N–H and O–H groups in total. The summed E-state index contributed by atoms with van der Waals surface area (Å²) in [6.07, 6.45) is 1.44. The van der Waals surface area contributed by atoms with E-state index in [1.54, 1.807) is 7.11 Å². The molecule has 0 bridgehead atoms. The highest BCUT2D eigenvalue weighted by Gasteiger charge is 2.06. The number of aromatic nitrogens is 2. The molecule has 16 heavy (non-hydrogen) atoms. The molecule has 0 aliphatic carbocycles. The molecule has 2 aromatic rings. The number of hydrogen-bond acceptors (Lipinski definition) is 5. The fourth-order valence-electron chi connectivity index (χ4n) is 1.52. The van der Waals surface area contributed by atoms with E-state index >= 15 is 0 Å². The first-order valence-electron chi connectivity index (χ1n) is 4.99. The topological polar surface area (TPSA) is 74.2 Å². The molecule has 0 aliphatic heterocycles. The number of anilines is 1. The average Bonchev–Trinajstić information content (AvgIpc) is 2.73. The van der Waals surface area contributed by atoms with Gasteiger partial charge in [0.2, 0.25) is 5.89 Å². The van der Waals surface area contributed by atoms with Crippen molar-refractivity contribution in [3.05, 3.63) is 35.7 Å². The molecule has 0 amide bonds. The van der Waals surface area contributed by atoms with Crippen LogP contribution in [0, 0.1) is 0 Å². The molecule has 1 aromatic heterocycles. The van der Waals surface area contributed by atoms with Crippen molar-refractivity contribution >= 4 is 5.95 Å². The van der Waals surface area contributed by atoms with Crippen molar-refractivity contribution in [2.45, 2.75) is 12.8 Å². The fraction of sp³-hybridized carbons (Fsp3) is 0.273. The number of rotatable bonds is 4. The van der Waals surface area contributed by atoms with Crippen molar-refractivity contribution in [2.75, 3.05) is 12.8 Å². The summed E-state index contributed by atoms with van der Waals surface area (Å²) in [6, 6.07) is 7.85. The Labute approximate surface area is 93.2 Å². The molecular formula is C11H13N3O2. The number of nitrogens with zero attached hydrogens (tertiary/aromatic N) is 2. The second-order valence-electron chi connectivity index (χ2n) is 3.36. The van der Waals surface area contributed by atoms with Crippen molar-refractivity contribution in [2.24, 2.45) is 0 Å². The summed E-state index contributed by atoms with van der Waals surface area (Å²) >= 11 is 0. The van der Waals surface area contributed by atoms with Crippen LogP contribution >= 0.6 is 0 Å². The quantitative estimate of drug-likeness (QED) is 0.842. The first-order valence-corrected chi connectivity index (χ1v) is 4.99. The van der Waals surface area contributed by atoms with Crippen LogP contribution in [0.1, 0.15) is 11.5 Å². The zero-order valence-electron chi connectivity index (χ0n) is 9.01. The Bertz CT molecular complexity index is 468. The maximum Gasteiger partial charge on any atom is 0.260 e. The Balaban J connectivity index is 2.04. The third-order valence-electron chi connectivity index (χ3n) is 2.28. The summed E-state index contributed by atoms with van der Waals surface area (Å²) in [5, 5.41) is 3.53. The van der Waals surface area contributed by atoms with Gasteiger partial charge in [-0.05, 0) is 23.2 Å². The van der Waals surface area contributed by atoms with Gasteiger partial charge in [0.25, 0.3) is 5.95 Å². The van der Waals surface area contributed by atoms with Gasteiger partial charge in [-0.1, -0.05) is 18.2 Å². The smallest absolute Gasteiger partial charge is 0.260 e. The Morgan fingerprint density at radius 3 is 2.81 bits per heavy atom. The van der Waals surface area contributed by atoms with Gasteiger partial charge in [-0.2, -0.15) is 4.98 Å². The Kier molecular flexibility index (Phi) is 3.05. The molecule has 0 atom stereocenters. The van der Waals surface area contributed by atoms with E-state index in [1.165, 1.54) is 0 Å². The van der Waals surface area contributed by atoms with Gasteiger partial charge in [-0.25, -0.2) is 0 Å². The van der Waals surface area contributed by atoms with E-state index in [4.69, 9.17) is 15.0 Å². The minimum absolute atomic E-state index is 0.176. The largest absolute Gasteiger partial charge is 0.496 e. The lowest BCUT2D eigenvalue weighted by atomic mass is 10.1. The Hall–Kier alpha value is -2.04. The molecule has 0 aliphatic rings. The Morgan fingerprint density at radius 2 is 2.12 bits per heavy atom. The van der Waals surface area contributed by atoms with Crippen LogP contribution < -0.4 is 10.5 Å². The van der Waals surface area contributed by atoms with Crippen LogP contribution in [0.2, 0.25) is 0 Å². The standard InChI is InChI=1S/C11H13N3O2/c1-15-9-5-3-2-4-8(9)6-7-10-13-11(12)14-16-10/h2-5H,6-7H2,1H3,(H2,12,14). The second-order valence-corrected chi connectivity index (χ2v) is 3.36. The number of ether oxygens (including phenoxy) is 1. The van der Waals surface area contributed by atoms with Crippen molar-refractivity contribution in [3.63, 3.8) is 0 Å². The van der Waals surface area contributed by atoms with Gasteiger partial charge in [0.15, 0.2) is 0 Å². The predicted octanol–water partition coefficient (Wildman–Crippen LogP) is 1.45. The van der Waals surface area contributed by atoms with E-state index in [0.29, 0.717) is 12.3 Å². The normalized spacial score (nSPS) is 10.3. The minimum Gasteiger partial charge on any atom is -0.496 e. The van der Waals surface area contributed by atoms with E-state index in [-0.39, 0.29) is 5.95 Å². The summed E-state index contributed by atoms with van der Waals surface area (Å²) in [5.41, 5.74) is 6.48. The summed E-state index contributed by atoms with van der Waals surface area (Å²) in [5.74, 6) is 1.59. The van der Waals surface area contributed by atoms with Gasteiger partial charge in [-0.15, -0.1) is 0 Å². The molecule has 0 saturated carbocycles. The molecule has 2 rings (SSSR count). The molecule has 5 nitrogen and oxygen atoms in total. The van der Waals surface area contributed by atoms with Crippen LogP contribution in [0.5, 0.6) is 5.75 Å². The van der Waals surface area contributed by atoms with E-state index in [1.807, 2.05) is 24.3 Å². The third-order valence-corrected chi connectivity index (χ3v) is 2.28. The zero-order valence-corrected chi connectivity index (χ0v) is 9.01. The highest BCUT2D eigenvalue weighted by atomic mass is 16.5. The maximum atomic E-state index is 5.36. The summed E-state index contributed by atoms with van der Waals surface area (Å²) in [7, 11) is 1.66. The van der Waals surface area contributed by atoms with Gasteiger partial charge < -0.3 is 15.0 Å². The lowest BCUT2D eigenvalue weighted by molar-refractivity contribution is 0.377. The van der Waals surface area contributed by atoms with E-state index in [0.717, 1.165) is 17.7 Å². The van der Waals surface area contributed by atoms with Crippen molar-refractivity contribution in [1.29, 1.82) is 0 Å². The number of nitrogen functional groups attached to an aromatic ring is 1. The number of nitrogens with two attached hydrogens (primary N) is 1. The van der Waals surface area contributed by atoms with Gasteiger partial charge in [0.05, 0.1) is 7.11 Å². The molecule has 5 heteroatoms. The lowest BCUT2D eigenvalue weighted by Gasteiger charge is -2.05. The molecule has 0 fully saturated rings. The van der Waals surface area contributed by atoms with Crippen LogP contribution in [0.15, 0.2) is 28.8 Å². The summed E-state index contributed by atoms with van der Waals surface area (Å²) in [4.78, 5) is 3.94. The molecule has 0 radical (unpaired) electrons. The van der Waals surface area contributed by atoms with Crippen molar-refractivity contribution in [3.8, 4) is 5.75 Å². The second kappa shape index (κ2) is 4.65. The summed E-state index contributed by atoms with van der Waals surface area (Å²) in [6.45, 7) is 0. The van der Waals surface area contributed by atoms with E-state index in [9.17, 15) is 0 Å². The highest BCUT2D eigenvalue weighted by Crippen LogP contribution is 2.19. The molecular weight excluding hydrogens is 206 g/mol. The number of para-hydroxylation sites is 1. The van der Waals surface area contributed by atoms with Gasteiger partial charge in [0.1, 0.15) is 5.75 Å². The SMILES string of the molecule is COc1ccccc1CCc1nc(N)no1. The molecule has 1 heterocycles. The average molecular weight is 219 g/mol. The van der Waals surface area contributed by atoms with Gasteiger partial charge in [0, 0.05) is 6.42 Å². The maximum absolute atomic E-state index is 5.36. The van der Waals surface area contributed by atoms with Crippen LogP contribution in [0.4, 0.5) is 5.95 Å². The predicted molar refractivity (Wildman–Crippen MR) is 59.1 cm³/mol. The van der Waals surface area contributed by atoms with Crippen LogP contribution in [0.25, 0.3) is 0 Å². The third kappa shape index (κ3) is 2.31. The molecule has 1 aromatic carbocycles. The van der Waals surface area contributed by atoms with Crippen LogP contribution in [-0.4, -0.2) is 17.3 Å². The number of hydrogen-bond donors (Lipinski definition) is 1. The fourth-order valence-corrected chi connectivity index (χ4v) is 1.52. The molecule has 0 unspecified atom stereocenters. The number of methoxy groups -OCH3 is 1. The first-order chi connectivity index (χ1) is 7.79. The molecule has 0 spiro atoms. The minimum atomic E-state index is 0.176. The van der Waals surface area contributed by atoms with Gasteiger partial charge >= 0.3 is 0 Å². The zero-order chi connectivity index (χ0) is 11.4. The van der Waals surface area contributed by atoms with Crippen molar-refractivity contribution < 1.29 is 9.26 Å². The van der Waals surface area contributed by atoms with Crippen LogP contribution in [-0.2, 0) is 12.8 Å².